The van der Waals surface area contributed by atoms with Crippen LogP contribution in [0.5, 0.6) is 0 Å². The Morgan fingerprint density at radius 2 is 1.94 bits per heavy atom. The number of nitrogens with one attached hydrogen (secondary N) is 1. The van der Waals surface area contributed by atoms with Crippen molar-refractivity contribution in [2.75, 3.05) is 11.6 Å². The average molecular weight is 326 g/mol. The van der Waals surface area contributed by atoms with E-state index in [1.54, 1.807) is 17.8 Å². The molecule has 0 aliphatic carbocycles. The fraction of sp³-hybridized carbons (Fsp3) is 0.143. The molecule has 1 N–H and O–H groups in total. The Morgan fingerprint density at radius 1 is 1.17 bits per heavy atom. The number of hydrogen-bond acceptors (Lipinski definition) is 2. The third-order valence-corrected chi connectivity index (χ3v) is 4.29. The molecule has 0 saturated heterocycles. The molecule has 0 aliphatic rings. The number of anilines is 1. The molecule has 0 bridgehead atoms. The van der Waals surface area contributed by atoms with E-state index in [1.807, 2.05) is 30.5 Å². The predicted molar refractivity (Wildman–Crippen MR) is 79.6 cm³/mol. The van der Waals surface area contributed by atoms with Gasteiger partial charge in [-0.1, -0.05) is 24.3 Å². The van der Waals surface area contributed by atoms with Gasteiger partial charge in [0.25, 0.3) is 0 Å². The number of benzene rings is 2. The lowest BCUT2D eigenvalue weighted by Crippen LogP contribution is -2.02. The van der Waals surface area contributed by atoms with E-state index in [2.05, 4.69) is 27.3 Å². The lowest BCUT2D eigenvalue weighted by atomic mass is 10.2. The highest BCUT2D eigenvalue weighted by Crippen LogP contribution is 2.26. The fourth-order valence-corrected chi connectivity index (χ4v) is 2.65. The van der Waals surface area contributed by atoms with Gasteiger partial charge in [-0.15, -0.1) is 11.8 Å². The minimum absolute atomic E-state index is 0.229. The SMILES string of the molecule is CSc1ccccc1NCc1cccc(F)c1Br. The molecule has 0 atom stereocenters. The molecule has 18 heavy (non-hydrogen) atoms. The van der Waals surface area contributed by atoms with E-state index in [0.717, 1.165) is 11.3 Å². The summed E-state index contributed by atoms with van der Waals surface area (Å²) in [4.78, 5) is 1.19. The van der Waals surface area contributed by atoms with Crippen LogP contribution in [0.15, 0.2) is 51.8 Å². The predicted octanol–water partition coefficient (Wildman–Crippen LogP) is 4.92. The van der Waals surface area contributed by atoms with Crippen molar-refractivity contribution in [1.82, 2.24) is 0 Å². The van der Waals surface area contributed by atoms with E-state index in [0.29, 0.717) is 11.0 Å². The molecule has 2 aromatic rings. The van der Waals surface area contributed by atoms with Crippen LogP contribution in [0.4, 0.5) is 10.1 Å². The van der Waals surface area contributed by atoms with E-state index in [9.17, 15) is 4.39 Å². The summed E-state index contributed by atoms with van der Waals surface area (Å²) in [5.41, 5.74) is 1.98. The second-order valence-corrected chi connectivity index (χ2v) is 5.41. The van der Waals surface area contributed by atoms with Crippen molar-refractivity contribution in [3.05, 3.63) is 58.3 Å². The lowest BCUT2D eigenvalue weighted by Gasteiger charge is -2.11. The number of para-hydroxylation sites is 1. The molecule has 94 valence electrons. The van der Waals surface area contributed by atoms with Crippen LogP contribution < -0.4 is 5.32 Å². The van der Waals surface area contributed by atoms with Crippen LogP contribution in [0.3, 0.4) is 0 Å². The van der Waals surface area contributed by atoms with Crippen molar-refractivity contribution < 1.29 is 4.39 Å². The summed E-state index contributed by atoms with van der Waals surface area (Å²) < 4.78 is 13.9. The summed E-state index contributed by atoms with van der Waals surface area (Å²) in [6.45, 7) is 0.593. The zero-order chi connectivity index (χ0) is 13.0. The van der Waals surface area contributed by atoms with Gasteiger partial charge in [0.05, 0.1) is 4.47 Å². The molecule has 0 radical (unpaired) electrons. The van der Waals surface area contributed by atoms with Crippen LogP contribution in [0.1, 0.15) is 5.56 Å². The smallest absolute Gasteiger partial charge is 0.137 e. The number of hydrogen-bond donors (Lipinski definition) is 1. The van der Waals surface area contributed by atoms with Gasteiger partial charge in [-0.25, -0.2) is 4.39 Å². The zero-order valence-electron chi connectivity index (χ0n) is 9.91. The molecule has 0 spiro atoms. The van der Waals surface area contributed by atoms with Gasteiger partial charge < -0.3 is 5.32 Å². The van der Waals surface area contributed by atoms with Crippen LogP contribution >= 0.6 is 27.7 Å². The first-order chi connectivity index (χ1) is 8.72. The van der Waals surface area contributed by atoms with Gasteiger partial charge in [-0.05, 0) is 45.9 Å². The zero-order valence-corrected chi connectivity index (χ0v) is 12.3. The summed E-state index contributed by atoms with van der Waals surface area (Å²) in [7, 11) is 0. The molecule has 0 heterocycles. The molecule has 2 aromatic carbocycles. The molecular formula is C14H13BrFNS. The quantitative estimate of drug-likeness (QED) is 0.800. The van der Waals surface area contributed by atoms with Crippen LogP contribution in [0.25, 0.3) is 0 Å². The van der Waals surface area contributed by atoms with Gasteiger partial charge >= 0.3 is 0 Å². The second kappa shape index (κ2) is 6.25. The van der Waals surface area contributed by atoms with Crippen LogP contribution in [0.2, 0.25) is 0 Å². The van der Waals surface area contributed by atoms with E-state index in [4.69, 9.17) is 0 Å². The Kier molecular flexibility index (Phi) is 4.66. The molecule has 0 aromatic heterocycles. The van der Waals surface area contributed by atoms with E-state index >= 15 is 0 Å². The molecule has 0 aliphatic heterocycles. The molecule has 0 amide bonds. The lowest BCUT2D eigenvalue weighted by molar-refractivity contribution is 0.618. The largest absolute Gasteiger partial charge is 0.380 e. The van der Waals surface area contributed by atoms with Crippen molar-refractivity contribution in [1.29, 1.82) is 0 Å². The fourth-order valence-electron chi connectivity index (χ4n) is 1.67. The third kappa shape index (κ3) is 3.06. The Hall–Kier alpha value is -1.00. The maximum absolute atomic E-state index is 13.4. The highest BCUT2D eigenvalue weighted by Gasteiger charge is 2.05. The third-order valence-electron chi connectivity index (χ3n) is 2.61. The Bertz CT molecular complexity index is 545. The summed E-state index contributed by atoms with van der Waals surface area (Å²) >= 11 is 4.96. The number of thioether (sulfide) groups is 1. The van der Waals surface area contributed by atoms with Gasteiger partial charge in [0.15, 0.2) is 0 Å². The standard InChI is InChI=1S/C14H13BrFNS/c1-18-13-8-3-2-7-12(13)17-9-10-5-4-6-11(16)14(10)15/h2-8,17H,9H2,1H3. The van der Waals surface area contributed by atoms with Gasteiger partial charge in [-0.2, -0.15) is 0 Å². The van der Waals surface area contributed by atoms with Gasteiger partial charge in [0.2, 0.25) is 0 Å². The highest BCUT2D eigenvalue weighted by atomic mass is 79.9. The Balaban J connectivity index is 2.14. The first-order valence-electron chi connectivity index (χ1n) is 5.52. The molecule has 4 heteroatoms. The van der Waals surface area contributed by atoms with E-state index in [1.165, 1.54) is 11.0 Å². The molecule has 0 saturated carbocycles. The first-order valence-corrected chi connectivity index (χ1v) is 7.54. The van der Waals surface area contributed by atoms with Crippen molar-refractivity contribution in [2.45, 2.75) is 11.4 Å². The molecule has 0 unspecified atom stereocenters. The van der Waals surface area contributed by atoms with Crippen molar-refractivity contribution in [2.24, 2.45) is 0 Å². The van der Waals surface area contributed by atoms with E-state index in [-0.39, 0.29) is 5.82 Å². The maximum Gasteiger partial charge on any atom is 0.137 e. The molecular weight excluding hydrogens is 313 g/mol. The van der Waals surface area contributed by atoms with Gasteiger partial charge in [0.1, 0.15) is 5.82 Å². The summed E-state index contributed by atoms with van der Waals surface area (Å²) in [5, 5.41) is 3.33. The normalized spacial score (nSPS) is 10.4. The Morgan fingerprint density at radius 3 is 2.72 bits per heavy atom. The number of halogens is 2. The van der Waals surface area contributed by atoms with Gasteiger partial charge in [0, 0.05) is 17.1 Å². The first kappa shape index (κ1) is 13.4. The molecule has 2 rings (SSSR count). The number of rotatable bonds is 4. The summed E-state index contributed by atoms with van der Waals surface area (Å²) in [5.74, 6) is -0.229. The molecule has 0 fully saturated rings. The molecule has 1 nitrogen and oxygen atoms in total. The summed E-state index contributed by atoms with van der Waals surface area (Å²) in [6.07, 6.45) is 2.04. The minimum atomic E-state index is -0.229. The van der Waals surface area contributed by atoms with Crippen LogP contribution in [0, 0.1) is 5.82 Å². The monoisotopic (exact) mass is 325 g/mol. The topological polar surface area (TPSA) is 12.0 Å². The van der Waals surface area contributed by atoms with Crippen molar-refractivity contribution >= 4 is 33.4 Å². The maximum atomic E-state index is 13.4. The minimum Gasteiger partial charge on any atom is -0.380 e. The average Bonchev–Trinajstić information content (AvgIpc) is 2.41. The Labute approximate surface area is 119 Å². The second-order valence-electron chi connectivity index (χ2n) is 3.77. The van der Waals surface area contributed by atoms with Crippen LogP contribution in [-0.4, -0.2) is 6.26 Å². The van der Waals surface area contributed by atoms with Crippen molar-refractivity contribution in [3.8, 4) is 0 Å². The summed E-state index contributed by atoms with van der Waals surface area (Å²) in [6, 6.07) is 13.2. The van der Waals surface area contributed by atoms with E-state index < -0.39 is 0 Å². The highest BCUT2D eigenvalue weighted by molar-refractivity contribution is 9.10. The van der Waals surface area contributed by atoms with Crippen LogP contribution in [-0.2, 0) is 6.54 Å². The van der Waals surface area contributed by atoms with Gasteiger partial charge in [-0.3, -0.25) is 0 Å². The van der Waals surface area contributed by atoms with Crippen molar-refractivity contribution in [3.63, 3.8) is 0 Å².